The van der Waals surface area contributed by atoms with Gasteiger partial charge < -0.3 is 9.42 Å². The Morgan fingerprint density at radius 3 is 2.62 bits per heavy atom. The number of sulfonamides is 1. The first-order chi connectivity index (χ1) is 11.4. The van der Waals surface area contributed by atoms with E-state index in [2.05, 4.69) is 12.1 Å². The van der Waals surface area contributed by atoms with E-state index in [1.807, 2.05) is 0 Å². The fourth-order valence-corrected chi connectivity index (χ4v) is 5.19. The molecule has 0 unspecified atom stereocenters. The highest BCUT2D eigenvalue weighted by molar-refractivity contribution is 7.99. The van der Waals surface area contributed by atoms with Crippen LogP contribution in [-0.2, 0) is 14.8 Å². The second-order valence-electron chi connectivity index (χ2n) is 5.74. The van der Waals surface area contributed by atoms with Crippen molar-refractivity contribution in [3.63, 3.8) is 0 Å². The molecule has 2 rings (SSSR count). The molecule has 2 heterocycles. The average Bonchev–Trinajstić information content (AvgIpc) is 2.76. The minimum Gasteiger partial charge on any atom is -0.360 e. The number of hydrogen-bond acceptors (Lipinski definition) is 6. The SMILES string of the molecule is CCSCCC(=O)N1CCCN(S(=O)(=O)c2c(C)noc2C)CC1. The normalized spacial score (nSPS) is 17.0. The molecule has 1 aliphatic rings. The maximum absolute atomic E-state index is 12.8. The lowest BCUT2D eigenvalue weighted by atomic mass is 10.3. The number of aromatic nitrogens is 1. The lowest BCUT2D eigenvalue weighted by Gasteiger charge is -2.21. The van der Waals surface area contributed by atoms with Crippen LogP contribution in [0.3, 0.4) is 0 Å². The molecule has 0 saturated carbocycles. The quantitative estimate of drug-likeness (QED) is 0.703. The Hall–Kier alpha value is -1.06. The molecule has 9 heteroatoms. The van der Waals surface area contributed by atoms with Gasteiger partial charge >= 0.3 is 0 Å². The summed E-state index contributed by atoms with van der Waals surface area (Å²) in [4.78, 5) is 14.2. The smallest absolute Gasteiger partial charge is 0.248 e. The van der Waals surface area contributed by atoms with Crippen molar-refractivity contribution in [2.24, 2.45) is 0 Å². The second kappa shape index (κ2) is 8.35. The van der Waals surface area contributed by atoms with Gasteiger partial charge in [-0.1, -0.05) is 12.1 Å². The van der Waals surface area contributed by atoms with Crippen molar-refractivity contribution < 1.29 is 17.7 Å². The van der Waals surface area contributed by atoms with E-state index in [-0.39, 0.29) is 10.8 Å². The molecular weight excluding hydrogens is 350 g/mol. The maximum atomic E-state index is 12.8. The molecule has 1 saturated heterocycles. The summed E-state index contributed by atoms with van der Waals surface area (Å²) in [6.45, 7) is 7.04. The van der Waals surface area contributed by atoms with Gasteiger partial charge in [0.1, 0.15) is 10.6 Å². The molecule has 0 aliphatic carbocycles. The third kappa shape index (κ3) is 4.31. The Kier molecular flexibility index (Phi) is 6.70. The fourth-order valence-electron chi connectivity index (χ4n) is 2.82. The molecule has 0 bridgehead atoms. The first-order valence-corrected chi connectivity index (χ1v) is 10.8. The molecule has 1 aliphatic heterocycles. The Balaban J connectivity index is 2.04. The standard InChI is InChI=1S/C15H25N3O4S2/c1-4-23-11-6-14(19)17-7-5-8-18(10-9-17)24(20,21)15-12(2)16-22-13(15)3/h4-11H2,1-3H3. The third-order valence-corrected chi connectivity index (χ3v) is 7.08. The van der Waals surface area contributed by atoms with Gasteiger partial charge in [-0.15, -0.1) is 0 Å². The molecule has 0 spiro atoms. The van der Waals surface area contributed by atoms with E-state index in [9.17, 15) is 13.2 Å². The summed E-state index contributed by atoms with van der Waals surface area (Å²) in [5, 5.41) is 3.74. The van der Waals surface area contributed by atoms with Crippen molar-refractivity contribution in [2.75, 3.05) is 37.7 Å². The topological polar surface area (TPSA) is 83.7 Å². The Morgan fingerprint density at radius 1 is 1.25 bits per heavy atom. The van der Waals surface area contributed by atoms with Gasteiger partial charge in [0.15, 0.2) is 5.76 Å². The monoisotopic (exact) mass is 375 g/mol. The lowest BCUT2D eigenvalue weighted by Crippen LogP contribution is -2.37. The zero-order chi connectivity index (χ0) is 17.7. The number of hydrogen-bond donors (Lipinski definition) is 0. The highest BCUT2D eigenvalue weighted by Crippen LogP contribution is 2.24. The summed E-state index contributed by atoms with van der Waals surface area (Å²) in [5.74, 6) is 2.22. The van der Waals surface area contributed by atoms with Gasteiger partial charge in [-0.3, -0.25) is 4.79 Å². The molecule has 24 heavy (non-hydrogen) atoms. The first kappa shape index (κ1) is 19.3. The number of carbonyl (C=O) groups is 1. The van der Waals surface area contributed by atoms with E-state index >= 15 is 0 Å². The fraction of sp³-hybridized carbons (Fsp3) is 0.733. The van der Waals surface area contributed by atoms with Crippen molar-refractivity contribution in [1.29, 1.82) is 0 Å². The van der Waals surface area contributed by atoms with Gasteiger partial charge in [-0.2, -0.15) is 16.1 Å². The van der Waals surface area contributed by atoms with Gasteiger partial charge in [0.05, 0.1) is 0 Å². The van der Waals surface area contributed by atoms with Crippen LogP contribution >= 0.6 is 11.8 Å². The Bertz CT molecular complexity index is 653. The average molecular weight is 376 g/mol. The Morgan fingerprint density at radius 2 is 2.00 bits per heavy atom. The summed E-state index contributed by atoms with van der Waals surface area (Å²) >= 11 is 1.74. The van der Waals surface area contributed by atoms with Crippen LogP contribution in [0.25, 0.3) is 0 Å². The predicted octanol–water partition coefficient (Wildman–Crippen LogP) is 1.66. The lowest BCUT2D eigenvalue weighted by molar-refractivity contribution is -0.130. The van der Waals surface area contributed by atoms with Crippen molar-refractivity contribution in [2.45, 2.75) is 38.5 Å². The largest absolute Gasteiger partial charge is 0.360 e. The van der Waals surface area contributed by atoms with E-state index < -0.39 is 10.0 Å². The summed E-state index contributed by atoms with van der Waals surface area (Å²) in [5.41, 5.74) is 0.376. The minimum atomic E-state index is -3.64. The van der Waals surface area contributed by atoms with Crippen molar-refractivity contribution in [1.82, 2.24) is 14.4 Å². The molecule has 7 nitrogen and oxygen atoms in total. The molecule has 0 N–H and O–H groups in total. The van der Waals surface area contributed by atoms with Crippen molar-refractivity contribution >= 4 is 27.7 Å². The van der Waals surface area contributed by atoms with Crippen LogP contribution in [0.5, 0.6) is 0 Å². The van der Waals surface area contributed by atoms with Gasteiger partial charge in [0.25, 0.3) is 0 Å². The van der Waals surface area contributed by atoms with Crippen LogP contribution in [0.4, 0.5) is 0 Å². The zero-order valence-electron chi connectivity index (χ0n) is 14.4. The number of amides is 1. The number of carbonyl (C=O) groups excluding carboxylic acids is 1. The molecule has 1 fully saturated rings. The van der Waals surface area contributed by atoms with Crippen molar-refractivity contribution in [3.8, 4) is 0 Å². The third-order valence-electron chi connectivity index (χ3n) is 4.04. The molecule has 1 aromatic rings. The molecule has 1 amide bonds. The van der Waals surface area contributed by atoms with Gasteiger partial charge in [-0.05, 0) is 26.0 Å². The van der Waals surface area contributed by atoms with E-state index in [1.54, 1.807) is 30.5 Å². The highest BCUT2D eigenvalue weighted by Gasteiger charge is 2.32. The molecule has 0 aromatic carbocycles. The first-order valence-electron chi connectivity index (χ1n) is 8.16. The maximum Gasteiger partial charge on any atom is 0.248 e. The zero-order valence-corrected chi connectivity index (χ0v) is 16.1. The van der Waals surface area contributed by atoms with Gasteiger partial charge in [0.2, 0.25) is 15.9 Å². The summed E-state index contributed by atoms with van der Waals surface area (Å²) in [7, 11) is -3.64. The van der Waals surface area contributed by atoms with Crippen LogP contribution < -0.4 is 0 Å². The molecule has 0 atom stereocenters. The number of aryl methyl sites for hydroxylation is 2. The Labute approximate surface area is 147 Å². The molecule has 1 aromatic heterocycles. The van der Waals surface area contributed by atoms with E-state index in [4.69, 9.17) is 4.52 Å². The van der Waals surface area contributed by atoms with Crippen LogP contribution in [0.15, 0.2) is 9.42 Å². The predicted molar refractivity (Wildman–Crippen MR) is 93.5 cm³/mol. The molecule has 136 valence electrons. The highest BCUT2D eigenvalue weighted by atomic mass is 32.2. The second-order valence-corrected chi connectivity index (χ2v) is 9.01. The van der Waals surface area contributed by atoms with Gasteiger partial charge in [0, 0.05) is 38.4 Å². The minimum absolute atomic E-state index is 0.104. The van der Waals surface area contributed by atoms with Crippen LogP contribution in [0.1, 0.15) is 31.2 Å². The van der Waals surface area contributed by atoms with Crippen LogP contribution in [0, 0.1) is 13.8 Å². The van der Waals surface area contributed by atoms with Gasteiger partial charge in [-0.25, -0.2) is 8.42 Å². The molecule has 0 radical (unpaired) electrons. The number of thioether (sulfide) groups is 1. The molecular formula is C15H25N3O4S2. The van der Waals surface area contributed by atoms with E-state index in [1.165, 1.54) is 4.31 Å². The summed E-state index contributed by atoms with van der Waals surface area (Å²) in [6.07, 6.45) is 1.14. The number of rotatable bonds is 6. The summed E-state index contributed by atoms with van der Waals surface area (Å²) < 4.78 is 32.1. The van der Waals surface area contributed by atoms with Crippen LogP contribution in [0.2, 0.25) is 0 Å². The van der Waals surface area contributed by atoms with Crippen molar-refractivity contribution in [3.05, 3.63) is 11.5 Å². The van der Waals surface area contributed by atoms with Crippen LogP contribution in [-0.4, -0.2) is 66.4 Å². The van der Waals surface area contributed by atoms with E-state index in [0.29, 0.717) is 50.5 Å². The number of nitrogens with zero attached hydrogens (tertiary/aromatic N) is 3. The van der Waals surface area contributed by atoms with E-state index in [0.717, 1.165) is 11.5 Å². The summed E-state index contributed by atoms with van der Waals surface area (Å²) in [6, 6.07) is 0.